The van der Waals surface area contributed by atoms with Gasteiger partial charge in [0.05, 0.1) is 6.61 Å². The van der Waals surface area contributed by atoms with Gasteiger partial charge in [0.25, 0.3) is 0 Å². The van der Waals surface area contributed by atoms with Crippen molar-refractivity contribution >= 4 is 8.25 Å². The van der Waals surface area contributed by atoms with E-state index in [4.69, 9.17) is 4.89 Å². The Bertz CT molecular complexity index is 604. The Hall–Kier alpha value is -1.15. The highest BCUT2D eigenvalue weighted by Crippen LogP contribution is 2.40. The molecule has 1 atom stereocenters. The second-order valence-electron chi connectivity index (χ2n) is 7.06. The highest BCUT2D eigenvalue weighted by atomic mass is 31.1. The molecule has 0 fully saturated rings. The van der Waals surface area contributed by atoms with E-state index in [1.807, 2.05) is 19.1 Å². The van der Waals surface area contributed by atoms with E-state index in [1.54, 1.807) is 6.08 Å². The lowest BCUT2D eigenvalue weighted by Crippen LogP contribution is -2.19. The zero-order valence-electron chi connectivity index (χ0n) is 15.6. The highest BCUT2D eigenvalue weighted by Gasteiger charge is 2.26. The third-order valence-corrected chi connectivity index (χ3v) is 4.80. The zero-order valence-corrected chi connectivity index (χ0v) is 16.6. The molecule has 0 aromatic rings. The molecule has 0 amide bonds. The minimum Gasteiger partial charge on any atom is -0.326 e. The van der Waals surface area contributed by atoms with E-state index >= 15 is 0 Å². The van der Waals surface area contributed by atoms with Gasteiger partial charge in [-0.15, -0.1) is 0 Å². The average molecular weight is 350 g/mol. The fourth-order valence-electron chi connectivity index (χ4n) is 2.94. The molecule has 0 aliphatic heterocycles. The summed E-state index contributed by atoms with van der Waals surface area (Å²) < 4.78 is 15.1. The molecule has 1 rings (SSSR count). The molecule has 0 radical (unpaired) electrons. The molecular formula is C20H31O3P. The maximum absolute atomic E-state index is 10.5. The van der Waals surface area contributed by atoms with Gasteiger partial charge in [0.2, 0.25) is 0 Å². The summed E-state index contributed by atoms with van der Waals surface area (Å²) in [6.45, 7) is 11.1. The Labute approximate surface area is 147 Å². The summed E-state index contributed by atoms with van der Waals surface area (Å²) in [5.41, 5.74) is 5.43. The van der Waals surface area contributed by atoms with Gasteiger partial charge in [0.1, 0.15) is 0 Å². The van der Waals surface area contributed by atoms with E-state index in [1.165, 1.54) is 36.0 Å². The topological polar surface area (TPSA) is 46.5 Å². The van der Waals surface area contributed by atoms with E-state index < -0.39 is 8.25 Å². The molecule has 4 heteroatoms. The molecule has 134 valence electrons. The van der Waals surface area contributed by atoms with Gasteiger partial charge < -0.3 is 9.42 Å². The molecule has 1 unspecified atom stereocenters. The maximum atomic E-state index is 10.5. The fourth-order valence-corrected chi connectivity index (χ4v) is 3.17. The summed E-state index contributed by atoms with van der Waals surface area (Å²) >= 11 is 0. The van der Waals surface area contributed by atoms with E-state index in [0.717, 1.165) is 5.57 Å². The van der Waals surface area contributed by atoms with Crippen molar-refractivity contribution in [2.75, 3.05) is 6.61 Å². The second-order valence-corrected chi connectivity index (χ2v) is 7.88. The Balaban J connectivity index is 2.67. The van der Waals surface area contributed by atoms with Gasteiger partial charge in [-0.1, -0.05) is 67.0 Å². The van der Waals surface area contributed by atoms with Crippen LogP contribution in [-0.4, -0.2) is 11.5 Å². The number of hydrogen-bond donors (Lipinski definition) is 1. The molecule has 24 heavy (non-hydrogen) atoms. The third kappa shape index (κ3) is 7.61. The lowest BCUT2D eigenvalue weighted by molar-refractivity contribution is 0.312. The van der Waals surface area contributed by atoms with Crippen LogP contribution in [-0.2, 0) is 9.09 Å². The minimum absolute atomic E-state index is 0.162. The number of rotatable bonds is 7. The molecule has 1 aliphatic rings. The first-order valence-corrected chi connectivity index (χ1v) is 9.74. The van der Waals surface area contributed by atoms with Crippen LogP contribution < -0.4 is 0 Å². The SMILES string of the molecule is CC(C=CC1=C(C)CCCC1(C)C)=CC=CC(C)=CCO[PH](=O)O. The van der Waals surface area contributed by atoms with Gasteiger partial charge >= 0.3 is 8.25 Å². The lowest BCUT2D eigenvalue weighted by Gasteiger charge is -2.32. The van der Waals surface area contributed by atoms with Gasteiger partial charge in [-0.2, -0.15) is 0 Å². The highest BCUT2D eigenvalue weighted by molar-refractivity contribution is 7.32. The fraction of sp³-hybridized carbons (Fsp3) is 0.500. The molecule has 3 nitrogen and oxygen atoms in total. The largest absolute Gasteiger partial charge is 0.326 e. The Kier molecular flexibility index (Phi) is 8.69. The van der Waals surface area contributed by atoms with Gasteiger partial charge in [0.15, 0.2) is 0 Å². The first-order valence-electron chi connectivity index (χ1n) is 8.48. The van der Waals surface area contributed by atoms with Crippen molar-refractivity contribution in [2.24, 2.45) is 5.41 Å². The van der Waals surface area contributed by atoms with Crippen LogP contribution in [0.3, 0.4) is 0 Å². The van der Waals surface area contributed by atoms with Crippen LogP contribution >= 0.6 is 8.25 Å². The van der Waals surface area contributed by atoms with Crippen molar-refractivity contribution in [1.29, 1.82) is 0 Å². The molecule has 0 aromatic heterocycles. The second kappa shape index (κ2) is 9.98. The molecule has 0 bridgehead atoms. The van der Waals surface area contributed by atoms with Crippen molar-refractivity contribution in [3.63, 3.8) is 0 Å². The van der Waals surface area contributed by atoms with Crippen LogP contribution in [0.25, 0.3) is 0 Å². The summed E-state index contributed by atoms with van der Waals surface area (Å²) in [6.07, 6.45) is 16.0. The molecule has 0 spiro atoms. The van der Waals surface area contributed by atoms with Gasteiger partial charge in [-0.05, 0) is 51.0 Å². The monoisotopic (exact) mass is 350 g/mol. The van der Waals surface area contributed by atoms with Crippen LogP contribution in [0.2, 0.25) is 0 Å². The van der Waals surface area contributed by atoms with E-state index in [9.17, 15) is 4.57 Å². The van der Waals surface area contributed by atoms with E-state index in [0.29, 0.717) is 0 Å². The van der Waals surface area contributed by atoms with Gasteiger partial charge in [-0.25, -0.2) is 0 Å². The number of allylic oxidation sites excluding steroid dienone is 9. The maximum Gasteiger partial charge on any atom is 0.316 e. The smallest absolute Gasteiger partial charge is 0.316 e. The van der Waals surface area contributed by atoms with Gasteiger partial charge in [0, 0.05) is 0 Å². The summed E-state index contributed by atoms with van der Waals surface area (Å²) in [5, 5.41) is 0. The standard InChI is InChI=1S/C20H31O3P/c1-16(8-6-9-17(2)13-15-23-24(21)22)11-12-19-18(3)10-7-14-20(19,4)5/h6,8-9,11-13,24H,7,10,14-15H2,1-5H3,(H,21,22). The lowest BCUT2D eigenvalue weighted by atomic mass is 9.72. The summed E-state index contributed by atoms with van der Waals surface area (Å²) in [6, 6.07) is 0. The normalized spacial score (nSPS) is 21.1. The Morgan fingerprint density at radius 1 is 1.29 bits per heavy atom. The molecule has 0 aromatic carbocycles. The predicted molar refractivity (Wildman–Crippen MR) is 103 cm³/mol. The molecule has 1 N–H and O–H groups in total. The van der Waals surface area contributed by atoms with E-state index in [-0.39, 0.29) is 12.0 Å². The summed E-state index contributed by atoms with van der Waals surface area (Å²) in [5.74, 6) is 0. The van der Waals surface area contributed by atoms with Gasteiger partial charge in [-0.3, -0.25) is 4.57 Å². The third-order valence-electron chi connectivity index (χ3n) is 4.39. The van der Waals surface area contributed by atoms with Crippen molar-refractivity contribution in [3.8, 4) is 0 Å². The van der Waals surface area contributed by atoms with Crippen molar-refractivity contribution in [1.82, 2.24) is 0 Å². The Morgan fingerprint density at radius 3 is 2.62 bits per heavy atom. The van der Waals surface area contributed by atoms with Crippen LogP contribution in [0.15, 0.2) is 58.7 Å². The van der Waals surface area contributed by atoms with Crippen molar-refractivity contribution < 1.29 is 14.0 Å². The van der Waals surface area contributed by atoms with E-state index in [2.05, 4.69) is 50.4 Å². The molecule has 0 heterocycles. The van der Waals surface area contributed by atoms with Crippen molar-refractivity contribution in [2.45, 2.75) is 53.9 Å². The first kappa shape index (κ1) is 20.9. The molecule has 1 aliphatic carbocycles. The molecule has 0 saturated carbocycles. The number of hydrogen-bond acceptors (Lipinski definition) is 2. The van der Waals surface area contributed by atoms with Crippen LogP contribution in [0.4, 0.5) is 0 Å². The molecular weight excluding hydrogens is 319 g/mol. The minimum atomic E-state index is -2.84. The first-order chi connectivity index (χ1) is 11.2. The van der Waals surface area contributed by atoms with Crippen LogP contribution in [0, 0.1) is 5.41 Å². The Morgan fingerprint density at radius 2 is 2.00 bits per heavy atom. The molecule has 0 saturated heterocycles. The summed E-state index contributed by atoms with van der Waals surface area (Å²) in [4.78, 5) is 8.59. The van der Waals surface area contributed by atoms with Crippen molar-refractivity contribution in [3.05, 3.63) is 58.7 Å². The van der Waals surface area contributed by atoms with Crippen LogP contribution in [0.5, 0.6) is 0 Å². The quantitative estimate of drug-likeness (QED) is 0.458. The van der Waals surface area contributed by atoms with Crippen LogP contribution in [0.1, 0.15) is 53.9 Å². The summed E-state index contributed by atoms with van der Waals surface area (Å²) in [7, 11) is -2.84. The zero-order chi connectivity index (χ0) is 18.2. The predicted octanol–water partition coefficient (Wildman–Crippen LogP) is 5.92. The average Bonchev–Trinajstić information content (AvgIpc) is 2.45.